The summed E-state index contributed by atoms with van der Waals surface area (Å²) in [5, 5.41) is 22.6. The van der Waals surface area contributed by atoms with E-state index in [0.29, 0.717) is 4.91 Å². The normalized spacial score (nSPS) is 26.6. The minimum atomic E-state index is -1.46. The summed E-state index contributed by atoms with van der Waals surface area (Å²) in [6, 6.07) is -0.447. The van der Waals surface area contributed by atoms with E-state index < -0.39 is 41.3 Å². The number of carboxylic acids is 1. The van der Waals surface area contributed by atoms with Crippen molar-refractivity contribution >= 4 is 29.5 Å². The zero-order valence-electron chi connectivity index (χ0n) is 13.4. The number of hydrogen-bond acceptors (Lipinski definition) is 6. The van der Waals surface area contributed by atoms with Gasteiger partial charge in [-0.1, -0.05) is 25.6 Å². The van der Waals surface area contributed by atoms with E-state index in [9.17, 15) is 24.6 Å². The van der Waals surface area contributed by atoms with Gasteiger partial charge in [-0.3, -0.25) is 9.59 Å². The zero-order chi connectivity index (χ0) is 16.8. The number of carboxylic acid groups (broad SMARTS) is 1. The summed E-state index contributed by atoms with van der Waals surface area (Å²) < 4.78 is 0. The third kappa shape index (κ3) is 3.23. The molecule has 2 amide bonds. The summed E-state index contributed by atoms with van der Waals surface area (Å²) in [6.45, 7) is 5.10. The number of nitrogens with zero attached hydrogens (tertiary/aromatic N) is 1. The monoisotopic (exact) mass is 348 g/mol. The van der Waals surface area contributed by atoms with Gasteiger partial charge in [-0.2, -0.15) is 0 Å². The van der Waals surface area contributed by atoms with Crippen molar-refractivity contribution in [3.8, 4) is 0 Å². The molecule has 0 aromatic heterocycles. The van der Waals surface area contributed by atoms with Gasteiger partial charge in [0.15, 0.2) is 0 Å². The van der Waals surface area contributed by atoms with Crippen LogP contribution in [-0.4, -0.2) is 39.9 Å². The minimum absolute atomic E-state index is 0. The standard InChI is InChI=1S/C14H18N2O5S.Na/c1-6(17)8-10-14(2,3)11(22-5-4-7(15)18)9(13(20)21)16(10)12(8)19;/h4-6,8,10,17H,1-3H3,(H2,15,18)(H,20,21);/q;+1/p-1/b5-4-;. The van der Waals surface area contributed by atoms with Crippen LogP contribution in [0.5, 0.6) is 0 Å². The van der Waals surface area contributed by atoms with E-state index in [2.05, 4.69) is 0 Å². The molecule has 2 aliphatic rings. The van der Waals surface area contributed by atoms with Crippen LogP contribution in [0.1, 0.15) is 20.8 Å². The smallest absolute Gasteiger partial charge is 0.543 e. The molecular formula is C14H17N2NaO5S. The summed E-state index contributed by atoms with van der Waals surface area (Å²) in [4.78, 5) is 36.0. The fourth-order valence-corrected chi connectivity index (χ4v) is 4.18. The summed E-state index contributed by atoms with van der Waals surface area (Å²) >= 11 is 1.02. The fraction of sp³-hybridized carbons (Fsp3) is 0.500. The van der Waals surface area contributed by atoms with Crippen molar-refractivity contribution in [1.29, 1.82) is 0 Å². The molecule has 0 saturated carbocycles. The first kappa shape index (κ1) is 20.2. The molecule has 23 heavy (non-hydrogen) atoms. The van der Waals surface area contributed by atoms with E-state index in [1.165, 1.54) is 17.2 Å². The van der Waals surface area contributed by atoms with E-state index in [0.717, 1.165) is 17.8 Å². The van der Waals surface area contributed by atoms with Crippen LogP contribution in [-0.2, 0) is 14.4 Å². The Hall–Kier alpha value is -0.800. The second-order valence-electron chi connectivity index (χ2n) is 5.93. The van der Waals surface area contributed by atoms with Crippen LogP contribution < -0.4 is 40.4 Å². The molecule has 1 fully saturated rings. The molecule has 0 spiro atoms. The molecule has 3 N–H and O–H groups in total. The van der Waals surface area contributed by atoms with E-state index in [1.807, 2.05) is 0 Å². The number of aliphatic hydroxyl groups excluding tert-OH is 1. The Morgan fingerprint density at radius 3 is 2.48 bits per heavy atom. The number of carbonyl (C=O) groups excluding carboxylic acids is 3. The summed E-state index contributed by atoms with van der Waals surface area (Å²) in [5.41, 5.74) is 4.13. The van der Waals surface area contributed by atoms with Crippen LogP contribution >= 0.6 is 11.8 Å². The molecule has 2 aliphatic heterocycles. The Bertz CT molecular complexity index is 614. The first-order chi connectivity index (χ1) is 10.1. The second kappa shape index (κ2) is 6.98. The van der Waals surface area contributed by atoms with Gasteiger partial charge in [0.05, 0.1) is 29.7 Å². The topological polar surface area (TPSA) is 124 Å². The number of amides is 2. The molecule has 0 radical (unpaired) electrons. The molecule has 9 heteroatoms. The van der Waals surface area contributed by atoms with Crippen molar-refractivity contribution < 1.29 is 54.2 Å². The van der Waals surface area contributed by atoms with Gasteiger partial charge in [0.2, 0.25) is 11.8 Å². The molecule has 0 aromatic carbocycles. The Morgan fingerprint density at radius 2 is 2.04 bits per heavy atom. The maximum absolute atomic E-state index is 12.2. The van der Waals surface area contributed by atoms with Crippen LogP contribution in [0, 0.1) is 11.3 Å². The molecule has 3 unspecified atom stereocenters. The maximum Gasteiger partial charge on any atom is 1.00 e. The number of thioether (sulfide) groups is 1. The van der Waals surface area contributed by atoms with Gasteiger partial charge in [-0.25, -0.2) is 0 Å². The molecular weight excluding hydrogens is 331 g/mol. The van der Waals surface area contributed by atoms with Gasteiger partial charge in [0.25, 0.3) is 0 Å². The number of nitrogens with two attached hydrogens (primary N) is 1. The second-order valence-corrected chi connectivity index (χ2v) is 6.85. The molecule has 0 aromatic rings. The predicted octanol–water partition coefficient (Wildman–Crippen LogP) is -4.07. The van der Waals surface area contributed by atoms with Crippen molar-refractivity contribution in [3.63, 3.8) is 0 Å². The molecule has 120 valence electrons. The summed E-state index contributed by atoms with van der Waals surface area (Å²) in [5.74, 6) is -3.19. The van der Waals surface area contributed by atoms with Gasteiger partial charge in [-0.05, 0) is 12.3 Å². The third-order valence-electron chi connectivity index (χ3n) is 4.05. The van der Waals surface area contributed by atoms with Gasteiger partial charge in [0.1, 0.15) is 0 Å². The van der Waals surface area contributed by atoms with E-state index in [4.69, 9.17) is 5.73 Å². The van der Waals surface area contributed by atoms with Crippen molar-refractivity contribution in [2.24, 2.45) is 17.1 Å². The number of fused-ring (bicyclic) bond motifs is 1. The molecule has 0 bridgehead atoms. The van der Waals surface area contributed by atoms with Gasteiger partial charge >= 0.3 is 29.6 Å². The van der Waals surface area contributed by atoms with Crippen LogP contribution in [0.2, 0.25) is 0 Å². The van der Waals surface area contributed by atoms with Gasteiger partial charge in [0, 0.05) is 16.4 Å². The van der Waals surface area contributed by atoms with Crippen LogP contribution in [0.3, 0.4) is 0 Å². The summed E-state index contributed by atoms with van der Waals surface area (Å²) in [7, 11) is 0. The van der Waals surface area contributed by atoms with E-state index in [-0.39, 0.29) is 35.3 Å². The van der Waals surface area contributed by atoms with Crippen LogP contribution in [0.25, 0.3) is 0 Å². The Balaban J connectivity index is 0.00000264. The fourth-order valence-electron chi connectivity index (χ4n) is 3.12. The molecule has 2 rings (SSSR count). The number of rotatable bonds is 5. The average Bonchev–Trinajstić information content (AvgIpc) is 2.55. The van der Waals surface area contributed by atoms with Gasteiger partial charge < -0.3 is 25.6 Å². The third-order valence-corrected chi connectivity index (χ3v) is 5.28. The summed E-state index contributed by atoms with van der Waals surface area (Å²) in [6.07, 6.45) is 0.242. The largest absolute Gasteiger partial charge is 1.00 e. The number of β-lactam (4-membered cyclic amide) rings is 1. The van der Waals surface area contributed by atoms with E-state index >= 15 is 0 Å². The molecule has 2 heterocycles. The van der Waals surface area contributed by atoms with Crippen LogP contribution in [0.15, 0.2) is 22.1 Å². The Morgan fingerprint density at radius 1 is 1.48 bits per heavy atom. The number of hydrogen-bond donors (Lipinski definition) is 2. The quantitative estimate of drug-likeness (QED) is 0.296. The Kier molecular flexibility index (Phi) is 6.15. The Labute approximate surface area is 160 Å². The zero-order valence-corrected chi connectivity index (χ0v) is 16.2. The van der Waals surface area contributed by atoms with Crippen molar-refractivity contribution in [2.45, 2.75) is 32.9 Å². The van der Waals surface area contributed by atoms with Crippen molar-refractivity contribution in [3.05, 3.63) is 22.1 Å². The number of primary amides is 1. The van der Waals surface area contributed by atoms with Crippen LogP contribution in [0.4, 0.5) is 0 Å². The average molecular weight is 348 g/mol. The molecule has 1 saturated heterocycles. The molecule has 7 nitrogen and oxygen atoms in total. The first-order valence-electron chi connectivity index (χ1n) is 6.70. The van der Waals surface area contributed by atoms with E-state index in [1.54, 1.807) is 13.8 Å². The first-order valence-corrected chi connectivity index (χ1v) is 7.58. The number of aliphatic carboxylic acids is 1. The maximum atomic E-state index is 12.2. The number of carbonyl (C=O) groups is 3. The van der Waals surface area contributed by atoms with Crippen molar-refractivity contribution in [2.75, 3.05) is 0 Å². The molecule has 3 atom stereocenters. The van der Waals surface area contributed by atoms with Crippen molar-refractivity contribution in [1.82, 2.24) is 4.90 Å². The number of aliphatic hydroxyl groups is 1. The van der Waals surface area contributed by atoms with Gasteiger partial charge in [-0.15, -0.1) is 0 Å². The predicted molar refractivity (Wildman–Crippen MR) is 77.5 cm³/mol. The minimum Gasteiger partial charge on any atom is -0.543 e. The SMILES string of the molecule is CC(O)C1C(=O)N2C(C(=O)[O-])=C(S/C=C\C(N)=O)C(C)(C)C12.[Na+]. The molecule has 0 aliphatic carbocycles.